The molecule has 4 rings (SSSR count). The summed E-state index contributed by atoms with van der Waals surface area (Å²) in [6, 6.07) is 16.0. The van der Waals surface area contributed by atoms with Gasteiger partial charge in [0.05, 0.1) is 0 Å². The van der Waals surface area contributed by atoms with E-state index < -0.39 is 12.1 Å². The lowest BCUT2D eigenvalue weighted by atomic mass is 9.93. The third-order valence-corrected chi connectivity index (χ3v) is 6.92. The minimum atomic E-state index is -0.808. The Kier molecular flexibility index (Phi) is 7.20. The van der Waals surface area contributed by atoms with E-state index in [2.05, 4.69) is 29.6 Å². The zero-order valence-corrected chi connectivity index (χ0v) is 19.7. The molecule has 7 heteroatoms. The van der Waals surface area contributed by atoms with Crippen LogP contribution in [0.4, 0.5) is 4.79 Å². The van der Waals surface area contributed by atoms with Gasteiger partial charge in [-0.15, -0.1) is 0 Å². The Balaban J connectivity index is 1.29. The molecular formula is C27H32N2O5. The van der Waals surface area contributed by atoms with Gasteiger partial charge < -0.3 is 20.1 Å². The minimum Gasteiger partial charge on any atom is -0.481 e. The van der Waals surface area contributed by atoms with Crippen LogP contribution >= 0.6 is 0 Å². The van der Waals surface area contributed by atoms with E-state index in [1.807, 2.05) is 38.1 Å². The monoisotopic (exact) mass is 464 g/mol. The second-order valence-corrected chi connectivity index (χ2v) is 9.62. The number of rotatable bonds is 9. The fraction of sp³-hybridized carbons (Fsp3) is 0.444. The number of carboxylic acids is 1. The highest BCUT2D eigenvalue weighted by molar-refractivity contribution is 5.80. The number of carboxylic acid groups (broad SMARTS) is 1. The molecule has 1 saturated heterocycles. The average Bonchev–Trinajstić information content (AvgIpc) is 3.09. The van der Waals surface area contributed by atoms with Crippen LogP contribution in [0.5, 0.6) is 0 Å². The molecule has 0 aromatic heterocycles. The molecule has 0 spiro atoms. The van der Waals surface area contributed by atoms with Crippen LogP contribution in [0, 0.1) is 11.8 Å². The number of hydrogen-bond acceptors (Lipinski definition) is 4. The quantitative estimate of drug-likeness (QED) is 0.578. The number of likely N-dealkylation sites (tertiary alicyclic amines) is 1. The highest BCUT2D eigenvalue weighted by atomic mass is 16.5. The molecule has 7 nitrogen and oxygen atoms in total. The summed E-state index contributed by atoms with van der Waals surface area (Å²) < 4.78 is 5.64. The first-order valence-electron chi connectivity index (χ1n) is 11.9. The standard InChI is InChI=1S/C27H32N2O5/c1-17(2)24(13-25(30)29-14-18(15-29)11-12-26(31)32)28-27(33)34-16-23-21-9-5-3-7-19(21)20-8-4-6-10-22(20)23/h3-10,17-18,23-24H,11-16H2,1-2H3,(H,28,33)(H,31,32)/t24-/m0/s1. The molecule has 180 valence electrons. The number of fused-ring (bicyclic) bond motifs is 3. The maximum Gasteiger partial charge on any atom is 0.407 e. The van der Waals surface area contributed by atoms with E-state index in [1.165, 1.54) is 11.1 Å². The van der Waals surface area contributed by atoms with Crippen LogP contribution in [0.1, 0.15) is 50.2 Å². The van der Waals surface area contributed by atoms with Crippen molar-refractivity contribution in [1.29, 1.82) is 0 Å². The molecule has 1 heterocycles. The minimum absolute atomic E-state index is 0.0129. The molecule has 1 aliphatic heterocycles. The van der Waals surface area contributed by atoms with Crippen molar-refractivity contribution in [3.8, 4) is 11.1 Å². The van der Waals surface area contributed by atoms with Gasteiger partial charge in [0.15, 0.2) is 0 Å². The second kappa shape index (κ2) is 10.3. The molecule has 34 heavy (non-hydrogen) atoms. The van der Waals surface area contributed by atoms with Crippen molar-refractivity contribution in [2.75, 3.05) is 19.7 Å². The Morgan fingerprint density at radius 1 is 1.03 bits per heavy atom. The van der Waals surface area contributed by atoms with Gasteiger partial charge in [0.1, 0.15) is 6.61 Å². The number of amides is 2. The maximum atomic E-state index is 12.7. The summed E-state index contributed by atoms with van der Waals surface area (Å²) in [4.78, 5) is 37.8. The molecule has 1 fully saturated rings. The molecule has 2 aliphatic rings. The number of carbonyl (C=O) groups is 3. The van der Waals surface area contributed by atoms with Gasteiger partial charge in [-0.2, -0.15) is 0 Å². The van der Waals surface area contributed by atoms with Crippen LogP contribution in [-0.2, 0) is 14.3 Å². The molecule has 2 N–H and O–H groups in total. The van der Waals surface area contributed by atoms with E-state index in [1.54, 1.807) is 4.90 Å². The second-order valence-electron chi connectivity index (χ2n) is 9.62. The zero-order chi connectivity index (χ0) is 24.2. The van der Waals surface area contributed by atoms with E-state index in [-0.39, 0.29) is 49.2 Å². The van der Waals surface area contributed by atoms with Crippen LogP contribution in [0.25, 0.3) is 11.1 Å². The first kappa shape index (κ1) is 23.8. The topological polar surface area (TPSA) is 95.9 Å². The normalized spacial score (nSPS) is 15.9. The lowest BCUT2D eigenvalue weighted by molar-refractivity contribution is -0.139. The molecule has 0 bridgehead atoms. The number of carbonyl (C=O) groups excluding carboxylic acids is 2. The number of benzene rings is 2. The van der Waals surface area contributed by atoms with Gasteiger partial charge in [-0.25, -0.2) is 4.79 Å². The van der Waals surface area contributed by atoms with Crippen molar-refractivity contribution >= 4 is 18.0 Å². The molecule has 0 radical (unpaired) electrons. The summed E-state index contributed by atoms with van der Waals surface area (Å²) in [7, 11) is 0. The fourth-order valence-electron chi connectivity index (χ4n) is 4.85. The smallest absolute Gasteiger partial charge is 0.407 e. The van der Waals surface area contributed by atoms with Crippen molar-refractivity contribution in [2.45, 2.75) is 45.1 Å². The van der Waals surface area contributed by atoms with Gasteiger partial charge >= 0.3 is 12.1 Å². The van der Waals surface area contributed by atoms with Gasteiger partial charge in [0.2, 0.25) is 5.91 Å². The van der Waals surface area contributed by atoms with Crippen LogP contribution in [0.2, 0.25) is 0 Å². The fourth-order valence-corrected chi connectivity index (χ4v) is 4.85. The number of nitrogens with zero attached hydrogens (tertiary/aromatic N) is 1. The van der Waals surface area contributed by atoms with Crippen molar-refractivity contribution in [3.63, 3.8) is 0 Å². The predicted molar refractivity (Wildman–Crippen MR) is 128 cm³/mol. The van der Waals surface area contributed by atoms with Gasteiger partial charge in [0, 0.05) is 37.9 Å². The molecule has 2 aromatic rings. The van der Waals surface area contributed by atoms with Crippen molar-refractivity contribution in [2.24, 2.45) is 11.8 Å². The third kappa shape index (κ3) is 5.24. The number of ether oxygens (including phenoxy) is 1. The van der Waals surface area contributed by atoms with Crippen LogP contribution in [-0.4, -0.2) is 53.7 Å². The summed E-state index contributed by atoms with van der Waals surface area (Å²) in [5, 5.41) is 11.7. The zero-order valence-electron chi connectivity index (χ0n) is 19.7. The summed E-state index contributed by atoms with van der Waals surface area (Å²) in [6.45, 7) is 5.33. The highest BCUT2D eigenvalue weighted by Gasteiger charge is 2.33. The largest absolute Gasteiger partial charge is 0.481 e. The first-order chi connectivity index (χ1) is 16.3. The number of hydrogen-bond donors (Lipinski definition) is 2. The number of alkyl carbamates (subject to hydrolysis) is 1. The maximum absolute atomic E-state index is 12.7. The molecule has 0 saturated carbocycles. The van der Waals surface area contributed by atoms with Crippen molar-refractivity contribution in [3.05, 3.63) is 59.7 Å². The van der Waals surface area contributed by atoms with E-state index in [9.17, 15) is 14.4 Å². The van der Waals surface area contributed by atoms with Crippen LogP contribution in [0.15, 0.2) is 48.5 Å². The van der Waals surface area contributed by atoms with Crippen molar-refractivity contribution < 1.29 is 24.2 Å². The average molecular weight is 465 g/mol. The van der Waals surface area contributed by atoms with Crippen molar-refractivity contribution in [1.82, 2.24) is 10.2 Å². The van der Waals surface area contributed by atoms with E-state index in [0.717, 1.165) is 11.1 Å². The number of nitrogens with one attached hydrogen (secondary N) is 1. The summed E-state index contributed by atoms with van der Waals surface area (Å²) in [5.41, 5.74) is 4.66. The molecular weight excluding hydrogens is 432 g/mol. The molecule has 1 aliphatic carbocycles. The Morgan fingerprint density at radius 3 is 2.18 bits per heavy atom. The van der Waals surface area contributed by atoms with E-state index in [4.69, 9.17) is 9.84 Å². The Bertz CT molecular complexity index is 1010. The van der Waals surface area contributed by atoms with E-state index in [0.29, 0.717) is 19.5 Å². The Morgan fingerprint density at radius 2 is 1.62 bits per heavy atom. The van der Waals surface area contributed by atoms with Gasteiger partial charge in [0.25, 0.3) is 0 Å². The van der Waals surface area contributed by atoms with Gasteiger partial charge in [-0.1, -0.05) is 62.4 Å². The predicted octanol–water partition coefficient (Wildman–Crippen LogP) is 4.26. The molecule has 1 atom stereocenters. The summed E-state index contributed by atoms with van der Waals surface area (Å²) >= 11 is 0. The first-order valence-corrected chi connectivity index (χ1v) is 11.9. The van der Waals surface area contributed by atoms with Gasteiger partial charge in [-0.05, 0) is 40.5 Å². The van der Waals surface area contributed by atoms with E-state index >= 15 is 0 Å². The summed E-state index contributed by atoms with van der Waals surface area (Å²) in [6.07, 6.45) is 0.402. The lowest BCUT2D eigenvalue weighted by Crippen LogP contribution is -2.52. The molecule has 2 amide bonds. The SMILES string of the molecule is CC(C)[C@H](CC(=O)N1CC(CCC(=O)O)C1)NC(=O)OCC1c2ccccc2-c2ccccc21. The summed E-state index contributed by atoms with van der Waals surface area (Å²) in [5.74, 6) is -0.538. The Hall–Kier alpha value is -3.35. The molecule has 0 unspecified atom stereocenters. The molecule has 2 aromatic carbocycles. The van der Waals surface area contributed by atoms with Crippen LogP contribution < -0.4 is 5.32 Å². The highest BCUT2D eigenvalue weighted by Crippen LogP contribution is 2.44. The number of aliphatic carboxylic acids is 1. The third-order valence-electron chi connectivity index (χ3n) is 6.92. The lowest BCUT2D eigenvalue weighted by Gasteiger charge is -2.40. The van der Waals surface area contributed by atoms with Gasteiger partial charge in [-0.3, -0.25) is 9.59 Å². The van der Waals surface area contributed by atoms with Crippen LogP contribution in [0.3, 0.4) is 0 Å². The Labute approximate surface area is 200 Å².